The van der Waals surface area contributed by atoms with Gasteiger partial charge in [0.2, 0.25) is 0 Å². The van der Waals surface area contributed by atoms with E-state index in [1.54, 1.807) is 14.1 Å². The molecule has 1 fully saturated rings. The van der Waals surface area contributed by atoms with Gasteiger partial charge >= 0.3 is 5.69 Å². The zero-order valence-corrected chi connectivity index (χ0v) is 12.5. The smallest absolute Gasteiger partial charge is 0.330 e. The van der Waals surface area contributed by atoms with Crippen molar-refractivity contribution < 1.29 is 9.53 Å². The van der Waals surface area contributed by atoms with Gasteiger partial charge in [-0.2, -0.15) is 0 Å². The molecule has 0 saturated carbocycles. The molecule has 1 aliphatic heterocycles. The van der Waals surface area contributed by atoms with Crippen molar-refractivity contribution in [2.24, 2.45) is 14.1 Å². The van der Waals surface area contributed by atoms with Gasteiger partial charge in [0.1, 0.15) is 6.10 Å². The minimum Gasteiger partial charge on any atom is -0.366 e. The summed E-state index contributed by atoms with van der Waals surface area (Å²) in [6.45, 7) is 1.83. The minimum absolute atomic E-state index is 0.138. The van der Waals surface area contributed by atoms with Gasteiger partial charge in [-0.1, -0.05) is 0 Å². The largest absolute Gasteiger partial charge is 0.366 e. The van der Waals surface area contributed by atoms with Crippen molar-refractivity contribution in [1.29, 1.82) is 0 Å². The first-order valence-electron chi connectivity index (χ1n) is 6.74. The Hall–Kier alpha value is -1.93. The van der Waals surface area contributed by atoms with Crippen molar-refractivity contribution in [1.82, 2.24) is 19.4 Å². The quantitative estimate of drug-likeness (QED) is 0.699. The number of carbonyl (C=O) groups excluding carboxylic acids is 1. The minimum atomic E-state index is -0.528. The van der Waals surface area contributed by atoms with Crippen molar-refractivity contribution in [2.75, 3.05) is 26.7 Å². The Morgan fingerprint density at radius 3 is 2.81 bits per heavy atom. The number of nitrogens with one attached hydrogen (secondary N) is 1. The summed E-state index contributed by atoms with van der Waals surface area (Å²) in [5.74, 6) is -0.182. The molecule has 2 rings (SSSR count). The lowest BCUT2D eigenvalue weighted by atomic mass is 10.2. The van der Waals surface area contributed by atoms with E-state index in [2.05, 4.69) is 5.32 Å². The number of aromatic nitrogens is 2. The van der Waals surface area contributed by atoms with Gasteiger partial charge in [0.25, 0.3) is 11.5 Å². The molecule has 1 atom stereocenters. The number of aryl methyl sites for hydroxylation is 1. The molecule has 1 N–H and O–H groups in total. The predicted octanol–water partition coefficient (Wildman–Crippen LogP) is -1.97. The Balaban J connectivity index is 2.16. The van der Waals surface area contributed by atoms with Gasteiger partial charge in [-0.3, -0.25) is 14.2 Å². The Kier molecular flexibility index (Phi) is 4.59. The van der Waals surface area contributed by atoms with E-state index in [1.807, 2.05) is 0 Å². The Labute approximate surface area is 121 Å². The second-order valence-corrected chi connectivity index (χ2v) is 5.17. The first-order chi connectivity index (χ1) is 9.91. The third-order valence-electron chi connectivity index (χ3n) is 3.50. The fourth-order valence-electron chi connectivity index (χ4n) is 2.29. The van der Waals surface area contributed by atoms with E-state index in [0.29, 0.717) is 18.7 Å². The molecule has 2 heterocycles. The molecule has 1 aromatic heterocycles. The van der Waals surface area contributed by atoms with Crippen molar-refractivity contribution in [3.05, 3.63) is 32.6 Å². The molecule has 0 aromatic carbocycles. The molecule has 21 heavy (non-hydrogen) atoms. The van der Waals surface area contributed by atoms with Crippen LogP contribution >= 0.6 is 0 Å². The van der Waals surface area contributed by atoms with Crippen LogP contribution in [0.4, 0.5) is 0 Å². The van der Waals surface area contributed by atoms with E-state index in [0.717, 1.165) is 11.1 Å². The monoisotopic (exact) mass is 296 g/mol. The lowest BCUT2D eigenvalue weighted by Gasteiger charge is -2.27. The summed E-state index contributed by atoms with van der Waals surface area (Å²) in [6, 6.07) is 0. The Morgan fingerprint density at radius 2 is 2.19 bits per heavy atom. The fourth-order valence-corrected chi connectivity index (χ4v) is 2.29. The Morgan fingerprint density at radius 1 is 1.48 bits per heavy atom. The number of ether oxygens (including phenoxy) is 1. The standard InChI is InChI=1S/C13H20N4O4/c1-15(12(19)10-6-14-4-5-21-10)7-9-8-16(2)13(20)17(3)11(9)18/h8,10,14H,4-7H2,1-3H3. The molecule has 1 saturated heterocycles. The molecule has 1 amide bonds. The zero-order chi connectivity index (χ0) is 15.6. The number of morpholine rings is 1. The number of rotatable bonds is 3. The highest BCUT2D eigenvalue weighted by molar-refractivity contribution is 5.81. The van der Waals surface area contributed by atoms with Crippen molar-refractivity contribution in [3.8, 4) is 0 Å². The van der Waals surface area contributed by atoms with Gasteiger partial charge in [0.05, 0.1) is 18.7 Å². The summed E-state index contributed by atoms with van der Waals surface area (Å²) in [5, 5.41) is 3.09. The van der Waals surface area contributed by atoms with Crippen LogP contribution in [0.3, 0.4) is 0 Å². The van der Waals surface area contributed by atoms with Crippen LogP contribution < -0.4 is 16.6 Å². The van der Waals surface area contributed by atoms with Gasteiger partial charge in [0, 0.05) is 40.4 Å². The molecule has 0 aliphatic carbocycles. The lowest BCUT2D eigenvalue weighted by molar-refractivity contribution is -0.144. The van der Waals surface area contributed by atoms with E-state index >= 15 is 0 Å². The summed E-state index contributed by atoms with van der Waals surface area (Å²) < 4.78 is 7.76. The second-order valence-electron chi connectivity index (χ2n) is 5.17. The third kappa shape index (κ3) is 3.22. The molecular weight excluding hydrogens is 276 g/mol. The molecule has 116 valence electrons. The number of carbonyl (C=O) groups is 1. The average molecular weight is 296 g/mol. The lowest BCUT2D eigenvalue weighted by Crippen LogP contribution is -2.49. The number of hydrogen-bond donors (Lipinski definition) is 1. The molecule has 8 nitrogen and oxygen atoms in total. The predicted molar refractivity (Wildman–Crippen MR) is 76.0 cm³/mol. The maximum atomic E-state index is 12.2. The summed E-state index contributed by atoms with van der Waals surface area (Å²) in [4.78, 5) is 37.3. The molecule has 1 aromatic rings. The molecule has 0 radical (unpaired) electrons. The average Bonchev–Trinajstić information content (AvgIpc) is 2.50. The number of likely N-dealkylation sites (N-methyl/N-ethyl adjacent to an activating group) is 1. The van der Waals surface area contributed by atoms with Crippen molar-refractivity contribution in [3.63, 3.8) is 0 Å². The van der Waals surface area contributed by atoms with E-state index < -0.39 is 11.8 Å². The number of nitrogens with zero attached hydrogens (tertiary/aromatic N) is 3. The molecule has 1 unspecified atom stereocenters. The molecule has 8 heteroatoms. The van der Waals surface area contributed by atoms with Crippen LogP contribution in [0.25, 0.3) is 0 Å². The Bertz CT molecular complexity index is 643. The van der Waals surface area contributed by atoms with Crippen LogP contribution in [-0.4, -0.2) is 52.8 Å². The maximum Gasteiger partial charge on any atom is 0.330 e. The first kappa shape index (κ1) is 15.5. The highest BCUT2D eigenvalue weighted by Gasteiger charge is 2.25. The molecular formula is C13H20N4O4. The molecule has 0 bridgehead atoms. The van der Waals surface area contributed by atoms with Crippen molar-refractivity contribution >= 4 is 5.91 Å². The van der Waals surface area contributed by atoms with Gasteiger partial charge in [0.15, 0.2) is 0 Å². The first-order valence-corrected chi connectivity index (χ1v) is 6.74. The highest BCUT2D eigenvalue weighted by Crippen LogP contribution is 2.04. The van der Waals surface area contributed by atoms with Crippen LogP contribution in [-0.2, 0) is 30.2 Å². The second kappa shape index (κ2) is 6.23. The van der Waals surface area contributed by atoms with E-state index in [4.69, 9.17) is 4.74 Å². The third-order valence-corrected chi connectivity index (χ3v) is 3.50. The van der Waals surface area contributed by atoms with Gasteiger partial charge in [-0.05, 0) is 0 Å². The number of hydrogen-bond acceptors (Lipinski definition) is 5. The topological polar surface area (TPSA) is 85.6 Å². The molecule has 1 aliphatic rings. The van der Waals surface area contributed by atoms with Gasteiger partial charge < -0.3 is 19.5 Å². The summed E-state index contributed by atoms with van der Waals surface area (Å²) in [6.07, 6.45) is 0.939. The SMILES string of the molecule is CN(Cc1cn(C)c(=O)n(C)c1=O)C(=O)C1CNCCO1. The molecule has 0 spiro atoms. The van der Waals surface area contributed by atoms with E-state index in [1.165, 1.54) is 22.7 Å². The van der Waals surface area contributed by atoms with E-state index in [-0.39, 0.29) is 18.0 Å². The summed E-state index contributed by atoms with van der Waals surface area (Å²) in [7, 11) is 4.61. The maximum absolute atomic E-state index is 12.2. The summed E-state index contributed by atoms with van der Waals surface area (Å²) in [5.41, 5.74) is -0.391. The van der Waals surface area contributed by atoms with E-state index in [9.17, 15) is 14.4 Å². The normalized spacial score (nSPS) is 18.5. The number of amides is 1. The zero-order valence-electron chi connectivity index (χ0n) is 12.5. The van der Waals surface area contributed by atoms with Gasteiger partial charge in [-0.15, -0.1) is 0 Å². The van der Waals surface area contributed by atoms with Crippen LogP contribution in [0.5, 0.6) is 0 Å². The van der Waals surface area contributed by atoms with Crippen LogP contribution in [0.15, 0.2) is 15.8 Å². The van der Waals surface area contributed by atoms with Crippen molar-refractivity contribution in [2.45, 2.75) is 12.6 Å². The van der Waals surface area contributed by atoms with Crippen LogP contribution in [0.1, 0.15) is 5.56 Å². The van der Waals surface area contributed by atoms with Crippen LogP contribution in [0.2, 0.25) is 0 Å². The van der Waals surface area contributed by atoms with Crippen LogP contribution in [0, 0.1) is 0 Å². The highest BCUT2D eigenvalue weighted by atomic mass is 16.5. The van der Waals surface area contributed by atoms with Gasteiger partial charge in [-0.25, -0.2) is 4.79 Å². The fraction of sp³-hybridized carbons (Fsp3) is 0.615. The summed E-state index contributed by atoms with van der Waals surface area (Å²) >= 11 is 0.